The van der Waals surface area contributed by atoms with Crippen molar-refractivity contribution in [3.8, 4) is 5.75 Å². The maximum absolute atomic E-state index is 12.1. The van der Waals surface area contributed by atoms with Crippen LogP contribution in [0.3, 0.4) is 0 Å². The molecule has 0 atom stereocenters. The predicted octanol–water partition coefficient (Wildman–Crippen LogP) is 3.40. The number of carbonyl (C=O) groups is 1. The fourth-order valence-corrected chi connectivity index (χ4v) is 4.08. The van der Waals surface area contributed by atoms with Crippen molar-refractivity contribution in [3.05, 3.63) is 44.9 Å². The zero-order valence-corrected chi connectivity index (χ0v) is 14.2. The third-order valence-corrected chi connectivity index (χ3v) is 5.36. The van der Waals surface area contributed by atoms with Crippen molar-refractivity contribution < 1.29 is 9.90 Å². The van der Waals surface area contributed by atoms with Crippen LogP contribution >= 0.6 is 11.3 Å². The highest BCUT2D eigenvalue weighted by molar-refractivity contribution is 7.11. The Balaban J connectivity index is 1.47. The maximum Gasteiger partial charge on any atom is 0.255 e. The highest BCUT2D eigenvalue weighted by atomic mass is 32.1. The second kappa shape index (κ2) is 7.13. The lowest BCUT2D eigenvalue weighted by atomic mass is 10.0. The van der Waals surface area contributed by atoms with Crippen LogP contribution in [-0.4, -0.2) is 22.5 Å². The summed E-state index contributed by atoms with van der Waals surface area (Å²) in [7, 11) is 0. The SMILES string of the molecule is Cc1ccc(C(=O)NCCCc2nc3c(s2)CCCC3)c(O)c1. The van der Waals surface area contributed by atoms with Gasteiger partial charge >= 0.3 is 0 Å². The second-order valence-corrected chi connectivity index (χ2v) is 7.23. The van der Waals surface area contributed by atoms with Crippen molar-refractivity contribution in [1.82, 2.24) is 10.3 Å². The Hall–Kier alpha value is -1.88. The van der Waals surface area contributed by atoms with Gasteiger partial charge in [-0.1, -0.05) is 6.07 Å². The molecule has 0 aliphatic heterocycles. The van der Waals surface area contributed by atoms with Crippen molar-refractivity contribution in [3.63, 3.8) is 0 Å². The third kappa shape index (κ3) is 3.91. The van der Waals surface area contributed by atoms with E-state index in [0.29, 0.717) is 12.1 Å². The summed E-state index contributed by atoms with van der Waals surface area (Å²) in [6.07, 6.45) is 6.60. The van der Waals surface area contributed by atoms with Crippen LogP contribution in [0.25, 0.3) is 0 Å². The molecule has 3 rings (SSSR count). The normalized spacial score (nSPS) is 13.6. The second-order valence-electron chi connectivity index (χ2n) is 6.06. The Morgan fingerprint density at radius 2 is 2.17 bits per heavy atom. The Bertz CT molecular complexity index is 686. The molecule has 0 saturated heterocycles. The fraction of sp³-hybridized carbons (Fsp3) is 0.444. The highest BCUT2D eigenvalue weighted by Gasteiger charge is 2.15. The first-order valence-corrected chi connectivity index (χ1v) is 9.00. The quantitative estimate of drug-likeness (QED) is 0.826. The Labute approximate surface area is 140 Å². The molecule has 0 unspecified atom stereocenters. The van der Waals surface area contributed by atoms with E-state index >= 15 is 0 Å². The number of aryl methyl sites for hydroxylation is 4. The summed E-state index contributed by atoms with van der Waals surface area (Å²) in [4.78, 5) is 18.2. The molecular formula is C18H22N2O2S. The number of hydrogen-bond donors (Lipinski definition) is 2. The molecular weight excluding hydrogens is 308 g/mol. The summed E-state index contributed by atoms with van der Waals surface area (Å²) in [5.41, 5.74) is 2.57. The number of fused-ring (bicyclic) bond motifs is 1. The molecule has 1 aliphatic rings. The molecule has 4 nitrogen and oxygen atoms in total. The molecule has 0 bridgehead atoms. The average molecular weight is 330 g/mol. The molecule has 0 spiro atoms. The molecule has 0 radical (unpaired) electrons. The van der Waals surface area contributed by atoms with E-state index in [1.807, 2.05) is 24.3 Å². The van der Waals surface area contributed by atoms with Crippen LogP contribution in [0, 0.1) is 6.92 Å². The molecule has 2 N–H and O–H groups in total. The van der Waals surface area contributed by atoms with E-state index < -0.39 is 0 Å². The summed E-state index contributed by atoms with van der Waals surface area (Å²) >= 11 is 1.83. The minimum Gasteiger partial charge on any atom is -0.507 e. The van der Waals surface area contributed by atoms with Crippen LogP contribution in [0.15, 0.2) is 18.2 Å². The average Bonchev–Trinajstić information content (AvgIpc) is 2.94. The van der Waals surface area contributed by atoms with Gasteiger partial charge in [0.05, 0.1) is 16.3 Å². The molecule has 1 aliphatic carbocycles. The van der Waals surface area contributed by atoms with Crippen LogP contribution in [0.1, 0.15) is 50.8 Å². The number of amides is 1. The highest BCUT2D eigenvalue weighted by Crippen LogP contribution is 2.27. The van der Waals surface area contributed by atoms with E-state index in [1.54, 1.807) is 12.1 Å². The number of phenolic OH excluding ortho intramolecular Hbond substituents is 1. The Morgan fingerprint density at radius 1 is 1.35 bits per heavy atom. The van der Waals surface area contributed by atoms with Crippen LogP contribution in [-0.2, 0) is 19.3 Å². The van der Waals surface area contributed by atoms with Crippen molar-refractivity contribution >= 4 is 17.2 Å². The topological polar surface area (TPSA) is 62.2 Å². The van der Waals surface area contributed by atoms with E-state index in [2.05, 4.69) is 5.32 Å². The van der Waals surface area contributed by atoms with E-state index in [4.69, 9.17) is 4.98 Å². The standard InChI is InChI=1S/C18H22N2O2S/c1-12-8-9-13(15(21)11-12)18(22)19-10-4-7-17-20-14-5-2-3-6-16(14)23-17/h8-9,11,21H,2-7,10H2,1H3,(H,19,22). The van der Waals surface area contributed by atoms with Crippen molar-refractivity contribution in [2.24, 2.45) is 0 Å². The van der Waals surface area contributed by atoms with E-state index in [0.717, 1.165) is 24.8 Å². The van der Waals surface area contributed by atoms with Crippen LogP contribution < -0.4 is 5.32 Å². The Morgan fingerprint density at radius 3 is 2.96 bits per heavy atom. The Kier molecular flexibility index (Phi) is 4.96. The number of rotatable bonds is 5. The van der Waals surface area contributed by atoms with Crippen molar-refractivity contribution in [1.29, 1.82) is 0 Å². The molecule has 1 aromatic carbocycles. The number of benzene rings is 1. The first-order valence-electron chi connectivity index (χ1n) is 8.19. The number of thiazole rings is 1. The first-order chi connectivity index (χ1) is 11.1. The van der Waals surface area contributed by atoms with Gasteiger partial charge in [0.2, 0.25) is 0 Å². The van der Waals surface area contributed by atoms with Gasteiger partial charge in [-0.05, 0) is 56.7 Å². The molecule has 2 aromatic rings. The minimum absolute atomic E-state index is 0.0371. The lowest BCUT2D eigenvalue weighted by Crippen LogP contribution is -2.24. The fourth-order valence-electron chi connectivity index (χ4n) is 2.88. The summed E-state index contributed by atoms with van der Waals surface area (Å²) in [6, 6.07) is 5.10. The van der Waals surface area contributed by atoms with E-state index in [-0.39, 0.29) is 11.7 Å². The van der Waals surface area contributed by atoms with Gasteiger partial charge in [0.25, 0.3) is 5.91 Å². The van der Waals surface area contributed by atoms with E-state index in [9.17, 15) is 9.90 Å². The van der Waals surface area contributed by atoms with Gasteiger partial charge in [-0.15, -0.1) is 11.3 Å². The van der Waals surface area contributed by atoms with Gasteiger partial charge in [0, 0.05) is 17.8 Å². The summed E-state index contributed by atoms with van der Waals surface area (Å²) in [6.45, 7) is 2.48. The maximum atomic E-state index is 12.1. The van der Waals surface area contributed by atoms with Gasteiger partial charge in [-0.3, -0.25) is 4.79 Å². The van der Waals surface area contributed by atoms with Crippen LogP contribution in [0.2, 0.25) is 0 Å². The molecule has 0 saturated carbocycles. The summed E-state index contributed by atoms with van der Waals surface area (Å²) in [5.74, 6) is -0.184. The van der Waals surface area contributed by atoms with Crippen LogP contribution in [0.4, 0.5) is 0 Å². The van der Waals surface area contributed by atoms with Gasteiger partial charge in [0.15, 0.2) is 0 Å². The lowest BCUT2D eigenvalue weighted by Gasteiger charge is -2.07. The zero-order chi connectivity index (χ0) is 16.2. The molecule has 0 fully saturated rings. The number of aromatic hydroxyl groups is 1. The van der Waals surface area contributed by atoms with Crippen molar-refractivity contribution in [2.75, 3.05) is 6.54 Å². The number of carbonyl (C=O) groups excluding carboxylic acids is 1. The number of nitrogens with zero attached hydrogens (tertiary/aromatic N) is 1. The monoisotopic (exact) mass is 330 g/mol. The van der Waals surface area contributed by atoms with Gasteiger partial charge in [-0.2, -0.15) is 0 Å². The minimum atomic E-state index is -0.221. The molecule has 1 aromatic heterocycles. The molecule has 1 amide bonds. The molecule has 122 valence electrons. The molecule has 23 heavy (non-hydrogen) atoms. The third-order valence-electron chi connectivity index (χ3n) is 4.14. The smallest absolute Gasteiger partial charge is 0.255 e. The zero-order valence-electron chi connectivity index (χ0n) is 13.4. The van der Waals surface area contributed by atoms with Crippen molar-refractivity contribution in [2.45, 2.75) is 45.4 Å². The number of nitrogens with one attached hydrogen (secondary N) is 1. The van der Waals surface area contributed by atoms with Gasteiger partial charge in [0.1, 0.15) is 5.75 Å². The predicted molar refractivity (Wildman–Crippen MR) is 92.3 cm³/mol. The van der Waals surface area contributed by atoms with Crippen LogP contribution in [0.5, 0.6) is 5.75 Å². The molecule has 5 heteroatoms. The summed E-state index contributed by atoms with van der Waals surface area (Å²) < 4.78 is 0. The number of hydrogen-bond acceptors (Lipinski definition) is 4. The van der Waals surface area contributed by atoms with Gasteiger partial charge < -0.3 is 10.4 Å². The first kappa shape index (κ1) is 16.0. The number of aromatic nitrogens is 1. The summed E-state index contributed by atoms with van der Waals surface area (Å²) in [5, 5.41) is 13.9. The lowest BCUT2D eigenvalue weighted by molar-refractivity contribution is 0.0950. The molecule has 1 heterocycles. The van der Waals surface area contributed by atoms with E-state index in [1.165, 1.54) is 34.8 Å². The number of phenols is 1. The van der Waals surface area contributed by atoms with Gasteiger partial charge in [-0.25, -0.2) is 4.98 Å². The largest absolute Gasteiger partial charge is 0.507 e.